The van der Waals surface area contributed by atoms with Crippen molar-refractivity contribution in [3.63, 3.8) is 0 Å². The van der Waals surface area contributed by atoms with E-state index in [9.17, 15) is 9.18 Å². The summed E-state index contributed by atoms with van der Waals surface area (Å²) >= 11 is 0. The van der Waals surface area contributed by atoms with Crippen molar-refractivity contribution in [2.75, 3.05) is 40.4 Å². The van der Waals surface area contributed by atoms with Gasteiger partial charge in [0, 0.05) is 19.8 Å². The van der Waals surface area contributed by atoms with Crippen LogP contribution in [0.4, 0.5) is 4.39 Å². The second-order valence-electron chi connectivity index (χ2n) is 8.54. The molecule has 0 bridgehead atoms. The molecule has 5 heteroatoms. The van der Waals surface area contributed by atoms with E-state index in [-0.39, 0.29) is 11.7 Å². The SMILES string of the molecule is CN(C)CCCCNC(=O)C1(Cc2cccc(-c3ccc(F)cc3)c2)CCOCC1. The lowest BCUT2D eigenvalue weighted by Crippen LogP contribution is -2.46. The molecule has 1 N–H and O–H groups in total. The third-order valence-corrected chi connectivity index (χ3v) is 5.90. The highest BCUT2D eigenvalue weighted by atomic mass is 19.1. The Morgan fingerprint density at radius 2 is 1.80 bits per heavy atom. The lowest BCUT2D eigenvalue weighted by Gasteiger charge is -2.36. The van der Waals surface area contributed by atoms with Gasteiger partial charge in [0.15, 0.2) is 0 Å². The molecule has 0 atom stereocenters. The van der Waals surface area contributed by atoms with Gasteiger partial charge in [-0.3, -0.25) is 4.79 Å². The number of unbranched alkanes of at least 4 members (excludes halogenated alkanes) is 1. The normalized spacial score (nSPS) is 15.9. The summed E-state index contributed by atoms with van der Waals surface area (Å²) in [6.45, 7) is 2.98. The molecule has 1 fully saturated rings. The maximum Gasteiger partial charge on any atom is 0.226 e. The Bertz CT molecular complexity index is 814. The van der Waals surface area contributed by atoms with Crippen LogP contribution in [0.3, 0.4) is 0 Å². The Hall–Kier alpha value is -2.24. The van der Waals surface area contributed by atoms with E-state index in [0.717, 1.165) is 48.9 Å². The summed E-state index contributed by atoms with van der Waals surface area (Å²) in [4.78, 5) is 15.4. The van der Waals surface area contributed by atoms with E-state index in [1.807, 2.05) is 12.1 Å². The first kappa shape index (κ1) is 22.4. The fourth-order valence-corrected chi connectivity index (χ4v) is 4.08. The minimum absolute atomic E-state index is 0.142. The minimum Gasteiger partial charge on any atom is -0.381 e. The number of nitrogens with zero attached hydrogens (tertiary/aromatic N) is 1. The Labute approximate surface area is 179 Å². The molecule has 0 unspecified atom stereocenters. The molecular weight excluding hydrogens is 379 g/mol. The largest absolute Gasteiger partial charge is 0.381 e. The minimum atomic E-state index is -0.429. The Morgan fingerprint density at radius 1 is 1.07 bits per heavy atom. The van der Waals surface area contributed by atoms with E-state index in [0.29, 0.717) is 26.2 Å². The van der Waals surface area contributed by atoms with E-state index >= 15 is 0 Å². The predicted octanol–water partition coefficient (Wildman–Crippen LogP) is 4.29. The molecule has 1 aliphatic heterocycles. The van der Waals surface area contributed by atoms with Crippen molar-refractivity contribution in [3.8, 4) is 11.1 Å². The first-order valence-corrected chi connectivity index (χ1v) is 10.8. The molecule has 0 radical (unpaired) electrons. The number of benzene rings is 2. The van der Waals surface area contributed by atoms with Crippen LogP contribution in [0.5, 0.6) is 0 Å². The summed E-state index contributed by atoms with van der Waals surface area (Å²) in [5.41, 5.74) is 2.71. The van der Waals surface area contributed by atoms with Gasteiger partial charge in [0.25, 0.3) is 0 Å². The number of hydrogen-bond acceptors (Lipinski definition) is 3. The summed E-state index contributed by atoms with van der Waals surface area (Å²) < 4.78 is 18.8. The third-order valence-electron chi connectivity index (χ3n) is 5.90. The third kappa shape index (κ3) is 6.13. The van der Waals surface area contributed by atoms with Crippen LogP contribution in [0.1, 0.15) is 31.2 Å². The number of carbonyl (C=O) groups is 1. The van der Waals surface area contributed by atoms with Gasteiger partial charge in [-0.2, -0.15) is 0 Å². The van der Waals surface area contributed by atoms with Crippen molar-refractivity contribution in [1.82, 2.24) is 10.2 Å². The van der Waals surface area contributed by atoms with Crippen LogP contribution < -0.4 is 5.32 Å². The van der Waals surface area contributed by atoms with Crippen molar-refractivity contribution < 1.29 is 13.9 Å². The van der Waals surface area contributed by atoms with Crippen LogP contribution in [0.25, 0.3) is 11.1 Å². The first-order chi connectivity index (χ1) is 14.5. The summed E-state index contributed by atoms with van der Waals surface area (Å²) in [7, 11) is 4.13. The monoisotopic (exact) mass is 412 g/mol. The summed E-state index contributed by atoms with van der Waals surface area (Å²) in [6, 6.07) is 14.8. The highest BCUT2D eigenvalue weighted by molar-refractivity contribution is 5.83. The second-order valence-corrected chi connectivity index (χ2v) is 8.54. The van der Waals surface area contributed by atoms with Crippen molar-refractivity contribution in [2.24, 2.45) is 5.41 Å². The molecule has 3 rings (SSSR count). The number of nitrogens with one attached hydrogen (secondary N) is 1. The zero-order chi connectivity index (χ0) is 21.4. The highest BCUT2D eigenvalue weighted by Crippen LogP contribution is 2.35. The summed E-state index contributed by atoms with van der Waals surface area (Å²) in [6.07, 6.45) is 4.21. The standard InChI is InChI=1S/C25H33FN2O2/c1-28(2)15-4-3-14-27-24(29)25(12-16-30-17-13-25)19-20-6-5-7-22(18-20)21-8-10-23(26)11-9-21/h5-11,18H,3-4,12-17,19H2,1-2H3,(H,27,29). The van der Waals surface area contributed by atoms with Crippen LogP contribution in [-0.4, -0.2) is 51.2 Å². The van der Waals surface area contributed by atoms with E-state index < -0.39 is 5.41 Å². The summed E-state index contributed by atoms with van der Waals surface area (Å²) in [5, 5.41) is 3.19. The first-order valence-electron chi connectivity index (χ1n) is 10.8. The van der Waals surface area contributed by atoms with Crippen molar-refractivity contribution in [2.45, 2.75) is 32.1 Å². The zero-order valence-corrected chi connectivity index (χ0v) is 18.1. The Morgan fingerprint density at radius 3 is 2.50 bits per heavy atom. The van der Waals surface area contributed by atoms with Crippen LogP contribution >= 0.6 is 0 Å². The predicted molar refractivity (Wildman–Crippen MR) is 119 cm³/mol. The van der Waals surface area contributed by atoms with Crippen molar-refractivity contribution >= 4 is 5.91 Å². The molecule has 0 aliphatic carbocycles. The van der Waals surface area contributed by atoms with Crippen LogP contribution in [0.15, 0.2) is 48.5 Å². The molecular formula is C25H33FN2O2. The Balaban J connectivity index is 1.69. The molecule has 4 nitrogen and oxygen atoms in total. The maximum atomic E-state index is 13.3. The van der Waals surface area contributed by atoms with Gasteiger partial charge < -0.3 is 15.0 Å². The average Bonchev–Trinajstić information content (AvgIpc) is 2.74. The maximum absolute atomic E-state index is 13.3. The van der Waals surface area contributed by atoms with Gasteiger partial charge in [-0.1, -0.05) is 36.4 Å². The molecule has 0 saturated carbocycles. The molecule has 1 aliphatic rings. The number of rotatable bonds is 9. The quantitative estimate of drug-likeness (QED) is 0.625. The van der Waals surface area contributed by atoms with Crippen LogP contribution in [0, 0.1) is 11.2 Å². The molecule has 1 heterocycles. The average molecular weight is 413 g/mol. The number of ether oxygens (including phenoxy) is 1. The molecule has 2 aromatic rings. The smallest absolute Gasteiger partial charge is 0.226 e. The van der Waals surface area contributed by atoms with E-state index in [1.54, 1.807) is 12.1 Å². The van der Waals surface area contributed by atoms with E-state index in [4.69, 9.17) is 4.74 Å². The number of hydrogen-bond donors (Lipinski definition) is 1. The molecule has 1 amide bonds. The van der Waals surface area contributed by atoms with Crippen LogP contribution in [0.2, 0.25) is 0 Å². The van der Waals surface area contributed by atoms with Crippen molar-refractivity contribution in [1.29, 1.82) is 0 Å². The van der Waals surface area contributed by atoms with Gasteiger partial charge in [0.1, 0.15) is 5.82 Å². The molecule has 30 heavy (non-hydrogen) atoms. The molecule has 0 spiro atoms. The second kappa shape index (κ2) is 10.7. The van der Waals surface area contributed by atoms with Gasteiger partial charge in [0.2, 0.25) is 5.91 Å². The summed E-state index contributed by atoms with van der Waals surface area (Å²) in [5.74, 6) is -0.0962. The van der Waals surface area contributed by atoms with Gasteiger partial charge >= 0.3 is 0 Å². The van der Waals surface area contributed by atoms with Gasteiger partial charge in [-0.15, -0.1) is 0 Å². The van der Waals surface area contributed by atoms with Gasteiger partial charge in [0.05, 0.1) is 5.41 Å². The number of halogens is 1. The van der Waals surface area contributed by atoms with Gasteiger partial charge in [-0.25, -0.2) is 4.39 Å². The zero-order valence-electron chi connectivity index (χ0n) is 18.1. The fourth-order valence-electron chi connectivity index (χ4n) is 4.08. The lowest BCUT2D eigenvalue weighted by molar-refractivity contribution is -0.136. The molecule has 1 saturated heterocycles. The highest BCUT2D eigenvalue weighted by Gasteiger charge is 2.39. The number of carbonyl (C=O) groups excluding carboxylic acids is 1. The Kier molecular flexibility index (Phi) is 8.00. The van der Waals surface area contributed by atoms with Crippen LogP contribution in [-0.2, 0) is 16.0 Å². The lowest BCUT2D eigenvalue weighted by atomic mass is 9.74. The van der Waals surface area contributed by atoms with E-state index in [2.05, 4.69) is 36.4 Å². The van der Waals surface area contributed by atoms with Gasteiger partial charge in [-0.05, 0) is 81.6 Å². The molecule has 2 aromatic carbocycles. The van der Waals surface area contributed by atoms with Crippen molar-refractivity contribution in [3.05, 3.63) is 59.9 Å². The fraction of sp³-hybridized carbons (Fsp3) is 0.480. The topological polar surface area (TPSA) is 41.6 Å². The molecule has 162 valence electrons. The van der Waals surface area contributed by atoms with E-state index in [1.165, 1.54) is 12.1 Å². The molecule has 0 aromatic heterocycles. The number of amides is 1.